The third-order valence-electron chi connectivity index (χ3n) is 3.52. The Balaban J connectivity index is 1.86. The highest BCUT2D eigenvalue weighted by Crippen LogP contribution is 2.20. The summed E-state index contributed by atoms with van der Waals surface area (Å²) in [5, 5.41) is 0. The molecule has 0 N–H and O–H groups in total. The van der Waals surface area contributed by atoms with Gasteiger partial charge in [0, 0.05) is 11.1 Å². The second-order valence-electron chi connectivity index (χ2n) is 5.26. The summed E-state index contributed by atoms with van der Waals surface area (Å²) < 4.78 is 31.3. The van der Waals surface area contributed by atoms with Crippen molar-refractivity contribution in [2.75, 3.05) is 13.2 Å². The molecule has 0 bridgehead atoms. The number of ether oxygens (including phenoxy) is 1. The molecule has 116 valence electrons. The number of Topliss-reactive ketones (excluding diaryl/α,β-unsaturated/α-hetero) is 1. The summed E-state index contributed by atoms with van der Waals surface area (Å²) in [6.45, 7) is 0.438. The van der Waals surface area contributed by atoms with E-state index in [0.717, 1.165) is 11.1 Å². The van der Waals surface area contributed by atoms with Gasteiger partial charge in [0.05, 0.1) is 13.2 Å². The van der Waals surface area contributed by atoms with E-state index in [1.165, 1.54) is 24.3 Å². The number of rotatable bonds is 2. The SMILES string of the molecule is O=C1/C(=C/c2ccc(F)cc2)COC/C1=C\c1ccc(F)cc1. The van der Waals surface area contributed by atoms with E-state index in [-0.39, 0.29) is 30.6 Å². The highest BCUT2D eigenvalue weighted by molar-refractivity contribution is 6.14. The second-order valence-corrected chi connectivity index (χ2v) is 5.26. The first kappa shape index (κ1) is 15.3. The minimum atomic E-state index is -0.324. The van der Waals surface area contributed by atoms with Crippen LogP contribution in [-0.2, 0) is 9.53 Å². The van der Waals surface area contributed by atoms with Crippen molar-refractivity contribution in [3.05, 3.63) is 82.4 Å². The number of carbonyl (C=O) groups excluding carboxylic acids is 1. The van der Waals surface area contributed by atoms with Gasteiger partial charge < -0.3 is 4.74 Å². The molecule has 0 unspecified atom stereocenters. The number of hydrogen-bond acceptors (Lipinski definition) is 2. The van der Waals surface area contributed by atoms with E-state index >= 15 is 0 Å². The molecule has 1 aliphatic rings. The molecule has 2 nitrogen and oxygen atoms in total. The van der Waals surface area contributed by atoms with E-state index in [2.05, 4.69) is 0 Å². The molecule has 1 fully saturated rings. The fourth-order valence-electron chi connectivity index (χ4n) is 2.34. The normalized spacial score (nSPS) is 18.6. The zero-order valence-electron chi connectivity index (χ0n) is 12.3. The zero-order chi connectivity index (χ0) is 16.2. The lowest BCUT2D eigenvalue weighted by atomic mass is 9.98. The smallest absolute Gasteiger partial charge is 0.189 e. The average Bonchev–Trinajstić information content (AvgIpc) is 2.55. The van der Waals surface area contributed by atoms with Gasteiger partial charge in [-0.05, 0) is 47.5 Å². The minimum Gasteiger partial charge on any atom is -0.372 e. The first-order valence-electron chi connectivity index (χ1n) is 7.16. The Kier molecular flexibility index (Phi) is 4.44. The molecule has 2 aromatic rings. The molecule has 4 heteroatoms. The molecule has 0 atom stereocenters. The molecule has 0 spiro atoms. The highest BCUT2D eigenvalue weighted by Gasteiger charge is 2.21. The molecule has 1 saturated heterocycles. The maximum atomic E-state index is 12.9. The van der Waals surface area contributed by atoms with E-state index in [4.69, 9.17) is 4.74 Å². The van der Waals surface area contributed by atoms with Crippen LogP contribution < -0.4 is 0 Å². The molecule has 0 aromatic heterocycles. The van der Waals surface area contributed by atoms with Gasteiger partial charge in [-0.25, -0.2) is 8.78 Å². The molecule has 23 heavy (non-hydrogen) atoms. The quantitative estimate of drug-likeness (QED) is 0.783. The average molecular weight is 312 g/mol. The van der Waals surface area contributed by atoms with Crippen LogP contribution in [0.5, 0.6) is 0 Å². The largest absolute Gasteiger partial charge is 0.372 e. The maximum absolute atomic E-state index is 12.9. The van der Waals surface area contributed by atoms with Gasteiger partial charge in [0.15, 0.2) is 5.78 Å². The van der Waals surface area contributed by atoms with E-state index in [9.17, 15) is 13.6 Å². The lowest BCUT2D eigenvalue weighted by Gasteiger charge is -2.17. The molecule has 1 heterocycles. The van der Waals surface area contributed by atoms with Crippen molar-refractivity contribution in [1.82, 2.24) is 0 Å². The molecule has 2 aromatic carbocycles. The third kappa shape index (κ3) is 3.79. The molecule has 0 aliphatic carbocycles. The van der Waals surface area contributed by atoms with Gasteiger partial charge in [-0.3, -0.25) is 4.79 Å². The van der Waals surface area contributed by atoms with Gasteiger partial charge >= 0.3 is 0 Å². The lowest BCUT2D eigenvalue weighted by molar-refractivity contribution is -0.114. The molecule has 1 aliphatic heterocycles. The lowest BCUT2D eigenvalue weighted by Crippen LogP contribution is -2.21. The van der Waals surface area contributed by atoms with Crippen LogP contribution in [0.15, 0.2) is 59.7 Å². The Morgan fingerprint density at radius 1 is 0.739 bits per heavy atom. The van der Waals surface area contributed by atoms with Gasteiger partial charge in [0.25, 0.3) is 0 Å². The van der Waals surface area contributed by atoms with Crippen molar-refractivity contribution in [1.29, 1.82) is 0 Å². The summed E-state index contributed by atoms with van der Waals surface area (Å²) in [5.41, 5.74) is 2.50. The first-order chi connectivity index (χ1) is 11.1. The number of hydrogen-bond donors (Lipinski definition) is 0. The molecule has 3 rings (SSSR count). The van der Waals surface area contributed by atoms with Crippen molar-refractivity contribution in [3.8, 4) is 0 Å². The number of carbonyl (C=O) groups is 1. The number of benzene rings is 2. The summed E-state index contributed by atoms with van der Waals surface area (Å²) in [5.74, 6) is -0.754. The van der Waals surface area contributed by atoms with Crippen LogP contribution in [0.25, 0.3) is 12.2 Å². The summed E-state index contributed by atoms with van der Waals surface area (Å²) >= 11 is 0. The van der Waals surface area contributed by atoms with Gasteiger partial charge in [-0.2, -0.15) is 0 Å². The van der Waals surface area contributed by atoms with Crippen molar-refractivity contribution in [3.63, 3.8) is 0 Å². The third-order valence-corrected chi connectivity index (χ3v) is 3.52. The predicted molar refractivity (Wildman–Crippen MR) is 84.6 cm³/mol. The summed E-state index contributed by atoms with van der Waals surface area (Å²) in [6.07, 6.45) is 3.39. The van der Waals surface area contributed by atoms with Crippen molar-refractivity contribution in [2.24, 2.45) is 0 Å². The zero-order valence-corrected chi connectivity index (χ0v) is 12.3. The predicted octanol–water partition coefficient (Wildman–Crippen LogP) is 4.03. The number of halogens is 2. The van der Waals surface area contributed by atoms with Crippen LogP contribution in [0, 0.1) is 11.6 Å². The summed E-state index contributed by atoms with van der Waals surface area (Å²) in [6, 6.07) is 11.8. The molecular weight excluding hydrogens is 298 g/mol. The van der Waals surface area contributed by atoms with Gasteiger partial charge in [0.2, 0.25) is 0 Å². The Morgan fingerprint density at radius 3 is 1.52 bits per heavy atom. The van der Waals surface area contributed by atoms with Crippen molar-refractivity contribution < 1.29 is 18.3 Å². The van der Waals surface area contributed by atoms with Gasteiger partial charge in [-0.15, -0.1) is 0 Å². The van der Waals surface area contributed by atoms with Gasteiger partial charge in [0.1, 0.15) is 11.6 Å². The fourth-order valence-corrected chi connectivity index (χ4v) is 2.34. The second kappa shape index (κ2) is 6.67. The molecule has 0 radical (unpaired) electrons. The molecular formula is C19H14F2O2. The Bertz CT molecular complexity index is 707. The number of ketones is 1. The van der Waals surface area contributed by atoms with Crippen LogP contribution in [0.1, 0.15) is 11.1 Å². The van der Waals surface area contributed by atoms with Crippen LogP contribution in [0.2, 0.25) is 0 Å². The first-order valence-corrected chi connectivity index (χ1v) is 7.16. The maximum Gasteiger partial charge on any atom is 0.189 e. The van der Waals surface area contributed by atoms with Gasteiger partial charge in [-0.1, -0.05) is 24.3 Å². The Labute approximate surface area is 132 Å². The standard InChI is InChI=1S/C19H14F2O2/c20-17-5-1-13(2-6-17)9-15-11-23-12-16(19(15)22)10-14-3-7-18(21)8-4-14/h1-10H,11-12H2/b15-9+,16-10+. The summed E-state index contributed by atoms with van der Waals surface area (Å²) in [4.78, 5) is 12.5. The Morgan fingerprint density at radius 2 is 1.13 bits per heavy atom. The van der Waals surface area contributed by atoms with Crippen LogP contribution in [0.3, 0.4) is 0 Å². The van der Waals surface area contributed by atoms with E-state index in [0.29, 0.717) is 11.1 Å². The van der Waals surface area contributed by atoms with E-state index < -0.39 is 0 Å². The monoisotopic (exact) mass is 312 g/mol. The van der Waals surface area contributed by atoms with Crippen LogP contribution >= 0.6 is 0 Å². The summed E-state index contributed by atoms with van der Waals surface area (Å²) in [7, 11) is 0. The van der Waals surface area contributed by atoms with Crippen molar-refractivity contribution >= 4 is 17.9 Å². The molecule has 0 amide bonds. The van der Waals surface area contributed by atoms with E-state index in [1.807, 2.05) is 0 Å². The van der Waals surface area contributed by atoms with Crippen molar-refractivity contribution in [2.45, 2.75) is 0 Å². The van der Waals surface area contributed by atoms with E-state index in [1.54, 1.807) is 36.4 Å². The topological polar surface area (TPSA) is 26.3 Å². The highest BCUT2D eigenvalue weighted by atomic mass is 19.1. The minimum absolute atomic E-state index is 0.107. The molecule has 0 saturated carbocycles. The fraction of sp³-hybridized carbons (Fsp3) is 0.105. The van der Waals surface area contributed by atoms with Crippen LogP contribution in [-0.4, -0.2) is 19.0 Å². The van der Waals surface area contributed by atoms with Crippen LogP contribution in [0.4, 0.5) is 8.78 Å². The Hall–Kier alpha value is -2.59.